The van der Waals surface area contributed by atoms with Gasteiger partial charge >= 0.3 is 0 Å². The monoisotopic (exact) mass is 170 g/mol. The third-order valence-electron chi connectivity index (χ3n) is 2.77. The molecule has 1 fully saturated rings. The topological polar surface area (TPSA) is 29.3 Å². The first-order chi connectivity index (χ1) is 5.50. The smallest absolute Gasteiger partial charge is 0.0217 e. The van der Waals surface area contributed by atoms with Crippen LogP contribution in [0.25, 0.3) is 0 Å². The quantitative estimate of drug-likeness (QED) is 0.680. The van der Waals surface area contributed by atoms with Crippen molar-refractivity contribution in [3.8, 4) is 0 Å². The molecule has 2 nitrogen and oxygen atoms in total. The highest BCUT2D eigenvalue weighted by Crippen LogP contribution is 2.19. The molecule has 72 valence electrons. The zero-order chi connectivity index (χ0) is 9.19. The molecule has 0 spiro atoms. The summed E-state index contributed by atoms with van der Waals surface area (Å²) in [7, 11) is 0. The Hall–Kier alpha value is -0.0800. The van der Waals surface area contributed by atoms with Crippen molar-refractivity contribution >= 4 is 0 Å². The van der Waals surface area contributed by atoms with Gasteiger partial charge in [0.15, 0.2) is 0 Å². The molecule has 0 aromatic rings. The molecule has 0 unspecified atom stereocenters. The van der Waals surface area contributed by atoms with Gasteiger partial charge in [-0.3, -0.25) is 0 Å². The van der Waals surface area contributed by atoms with Crippen molar-refractivity contribution in [1.29, 1.82) is 0 Å². The van der Waals surface area contributed by atoms with Gasteiger partial charge in [-0.05, 0) is 31.3 Å². The van der Waals surface area contributed by atoms with Crippen LogP contribution in [0.5, 0.6) is 0 Å². The van der Waals surface area contributed by atoms with Crippen LogP contribution in [0.15, 0.2) is 0 Å². The third kappa shape index (κ3) is 2.76. The number of nitrogens with two attached hydrogens (primary N) is 1. The number of rotatable bonds is 2. The van der Waals surface area contributed by atoms with Gasteiger partial charge in [0.25, 0.3) is 0 Å². The predicted octanol–water partition coefficient (Wildman–Crippen LogP) is 1.46. The van der Waals surface area contributed by atoms with Crippen LogP contribution < -0.4 is 5.73 Å². The lowest BCUT2D eigenvalue weighted by atomic mass is 9.87. The van der Waals surface area contributed by atoms with Gasteiger partial charge in [0.1, 0.15) is 0 Å². The lowest BCUT2D eigenvalue weighted by Crippen LogP contribution is -2.44. The summed E-state index contributed by atoms with van der Waals surface area (Å²) >= 11 is 0. The number of nitrogens with zero attached hydrogens (tertiary/aromatic N) is 1. The van der Waals surface area contributed by atoms with E-state index in [2.05, 4.69) is 25.7 Å². The Bertz CT molecular complexity index is 131. The Labute approximate surface area is 76.1 Å². The van der Waals surface area contributed by atoms with Crippen LogP contribution in [0, 0.1) is 5.41 Å². The Morgan fingerprint density at radius 3 is 2.17 bits per heavy atom. The van der Waals surface area contributed by atoms with E-state index in [9.17, 15) is 0 Å². The molecule has 1 atom stereocenters. The van der Waals surface area contributed by atoms with Crippen molar-refractivity contribution in [2.24, 2.45) is 11.1 Å². The third-order valence-corrected chi connectivity index (χ3v) is 2.77. The average molecular weight is 170 g/mol. The zero-order valence-electron chi connectivity index (χ0n) is 8.64. The second-order valence-electron chi connectivity index (χ2n) is 4.98. The van der Waals surface area contributed by atoms with Crippen LogP contribution in [0.2, 0.25) is 0 Å². The second kappa shape index (κ2) is 3.75. The van der Waals surface area contributed by atoms with E-state index in [1.807, 2.05) is 0 Å². The SMILES string of the molecule is CC(C)(C)[C@@H](N)CN1CCCC1. The molecule has 1 saturated heterocycles. The van der Waals surface area contributed by atoms with Crippen molar-refractivity contribution in [3.63, 3.8) is 0 Å². The molecule has 1 heterocycles. The standard InChI is InChI=1S/C10H22N2/c1-10(2,3)9(11)8-12-6-4-5-7-12/h9H,4-8,11H2,1-3H3/t9-/m0/s1. The minimum Gasteiger partial charge on any atom is -0.326 e. The Kier molecular flexibility index (Phi) is 3.13. The maximum Gasteiger partial charge on any atom is 0.0217 e. The molecular formula is C10H22N2. The Morgan fingerprint density at radius 2 is 1.75 bits per heavy atom. The molecule has 0 amide bonds. The highest BCUT2D eigenvalue weighted by Gasteiger charge is 2.23. The molecule has 2 heteroatoms. The van der Waals surface area contributed by atoms with Gasteiger partial charge in [-0.1, -0.05) is 20.8 Å². The fraction of sp³-hybridized carbons (Fsp3) is 1.00. The van der Waals surface area contributed by atoms with E-state index >= 15 is 0 Å². The highest BCUT2D eigenvalue weighted by molar-refractivity contribution is 4.81. The van der Waals surface area contributed by atoms with E-state index in [4.69, 9.17) is 5.73 Å². The first-order valence-corrected chi connectivity index (χ1v) is 4.98. The van der Waals surface area contributed by atoms with Crippen LogP contribution in [0.4, 0.5) is 0 Å². The molecule has 2 N–H and O–H groups in total. The van der Waals surface area contributed by atoms with E-state index in [-0.39, 0.29) is 5.41 Å². The van der Waals surface area contributed by atoms with E-state index < -0.39 is 0 Å². The van der Waals surface area contributed by atoms with E-state index in [1.165, 1.54) is 25.9 Å². The van der Waals surface area contributed by atoms with Crippen LogP contribution in [0.1, 0.15) is 33.6 Å². The van der Waals surface area contributed by atoms with Crippen LogP contribution in [-0.4, -0.2) is 30.6 Å². The fourth-order valence-corrected chi connectivity index (χ4v) is 1.52. The zero-order valence-corrected chi connectivity index (χ0v) is 8.64. The van der Waals surface area contributed by atoms with E-state index in [0.29, 0.717) is 6.04 Å². The molecule has 0 radical (unpaired) electrons. The predicted molar refractivity (Wildman–Crippen MR) is 53.1 cm³/mol. The van der Waals surface area contributed by atoms with Crippen molar-refractivity contribution in [1.82, 2.24) is 4.90 Å². The molecular weight excluding hydrogens is 148 g/mol. The summed E-state index contributed by atoms with van der Waals surface area (Å²) in [6.07, 6.45) is 2.72. The largest absolute Gasteiger partial charge is 0.326 e. The molecule has 0 aromatic heterocycles. The highest BCUT2D eigenvalue weighted by atomic mass is 15.1. The summed E-state index contributed by atoms with van der Waals surface area (Å²) in [4.78, 5) is 2.48. The number of hydrogen-bond acceptors (Lipinski definition) is 2. The first kappa shape index (κ1) is 10.0. The van der Waals surface area contributed by atoms with Gasteiger partial charge in [0, 0.05) is 12.6 Å². The molecule has 0 bridgehead atoms. The minimum atomic E-state index is 0.253. The number of hydrogen-bond donors (Lipinski definition) is 1. The van der Waals surface area contributed by atoms with Crippen molar-refractivity contribution in [3.05, 3.63) is 0 Å². The Balaban J connectivity index is 2.30. The summed E-state index contributed by atoms with van der Waals surface area (Å²) in [5.74, 6) is 0. The summed E-state index contributed by atoms with van der Waals surface area (Å²) in [5, 5.41) is 0. The van der Waals surface area contributed by atoms with Crippen molar-refractivity contribution < 1.29 is 0 Å². The lowest BCUT2D eigenvalue weighted by molar-refractivity contribution is 0.227. The van der Waals surface area contributed by atoms with Gasteiger partial charge in [-0.25, -0.2) is 0 Å². The average Bonchev–Trinajstić information content (AvgIpc) is 2.37. The van der Waals surface area contributed by atoms with Crippen LogP contribution in [0.3, 0.4) is 0 Å². The van der Waals surface area contributed by atoms with Gasteiger partial charge < -0.3 is 10.6 Å². The minimum absolute atomic E-state index is 0.253. The maximum atomic E-state index is 6.09. The molecule has 0 aromatic carbocycles. The normalized spacial score (nSPS) is 23.0. The van der Waals surface area contributed by atoms with Crippen molar-refractivity contribution in [2.45, 2.75) is 39.7 Å². The molecule has 1 rings (SSSR count). The molecule has 0 saturated carbocycles. The molecule has 1 aliphatic rings. The summed E-state index contributed by atoms with van der Waals surface area (Å²) in [5.41, 5.74) is 6.34. The van der Waals surface area contributed by atoms with Crippen LogP contribution >= 0.6 is 0 Å². The molecule has 1 aliphatic heterocycles. The second-order valence-corrected chi connectivity index (χ2v) is 4.98. The fourth-order valence-electron chi connectivity index (χ4n) is 1.52. The van der Waals surface area contributed by atoms with Gasteiger partial charge in [-0.15, -0.1) is 0 Å². The maximum absolute atomic E-state index is 6.09. The van der Waals surface area contributed by atoms with E-state index in [0.717, 1.165) is 6.54 Å². The van der Waals surface area contributed by atoms with Gasteiger partial charge in [0.2, 0.25) is 0 Å². The van der Waals surface area contributed by atoms with Crippen LogP contribution in [-0.2, 0) is 0 Å². The summed E-state index contributed by atoms with van der Waals surface area (Å²) in [6, 6.07) is 0.315. The summed E-state index contributed by atoms with van der Waals surface area (Å²) in [6.45, 7) is 10.2. The van der Waals surface area contributed by atoms with Crippen molar-refractivity contribution in [2.75, 3.05) is 19.6 Å². The molecule has 0 aliphatic carbocycles. The lowest BCUT2D eigenvalue weighted by Gasteiger charge is -2.30. The van der Waals surface area contributed by atoms with E-state index in [1.54, 1.807) is 0 Å². The number of likely N-dealkylation sites (tertiary alicyclic amines) is 1. The Morgan fingerprint density at radius 1 is 1.25 bits per heavy atom. The summed E-state index contributed by atoms with van der Waals surface area (Å²) < 4.78 is 0. The van der Waals surface area contributed by atoms with Gasteiger partial charge in [-0.2, -0.15) is 0 Å². The molecule has 12 heavy (non-hydrogen) atoms. The van der Waals surface area contributed by atoms with Gasteiger partial charge in [0.05, 0.1) is 0 Å². The first-order valence-electron chi connectivity index (χ1n) is 4.98.